The van der Waals surface area contributed by atoms with E-state index >= 15 is 0 Å². The maximum atomic E-state index is 12.3. The van der Waals surface area contributed by atoms with E-state index in [0.717, 1.165) is 5.56 Å². The fourth-order valence-corrected chi connectivity index (χ4v) is 2.63. The first-order valence-corrected chi connectivity index (χ1v) is 8.56. The highest BCUT2D eigenvalue weighted by Crippen LogP contribution is 2.31. The Morgan fingerprint density at radius 2 is 1.62 bits per heavy atom. The maximum absolute atomic E-state index is 12.3. The van der Waals surface area contributed by atoms with Gasteiger partial charge in [0.15, 0.2) is 0 Å². The number of nitrogens with zero attached hydrogens (tertiary/aromatic N) is 1. The molecule has 0 unspecified atom stereocenters. The minimum Gasteiger partial charge on any atom is -0.267 e. The number of rotatable bonds is 4. The Hall–Kier alpha value is -1.07. The summed E-state index contributed by atoms with van der Waals surface area (Å²) in [6.07, 6.45) is 0. The molecule has 0 aliphatic heterocycles. The molecule has 0 heterocycles. The third kappa shape index (κ3) is 4.71. The van der Waals surface area contributed by atoms with Gasteiger partial charge in [-0.25, -0.2) is 8.42 Å². The molecule has 0 saturated carbocycles. The third-order valence-electron chi connectivity index (χ3n) is 3.52. The number of aryl methyl sites for hydroxylation is 1. The molecule has 0 amide bonds. The summed E-state index contributed by atoms with van der Waals surface area (Å²) >= 11 is 6.29. The van der Waals surface area contributed by atoms with Gasteiger partial charge in [-0.1, -0.05) is 17.7 Å². The fraction of sp³-hybridized carbons (Fsp3) is 0.533. The van der Waals surface area contributed by atoms with Crippen LogP contribution in [0.25, 0.3) is 0 Å². The second-order valence-corrected chi connectivity index (χ2v) is 8.77. The normalized spacial score (nSPS) is 14.1. The number of halogens is 1. The highest BCUT2D eigenvalue weighted by Gasteiger charge is 2.35. The van der Waals surface area contributed by atoms with Gasteiger partial charge in [0, 0.05) is 0 Å². The zero-order chi connectivity index (χ0) is 16.5. The number of nitrogens with one attached hydrogen (secondary N) is 1. The Bertz CT molecular complexity index is 627. The Morgan fingerprint density at radius 1 is 1.14 bits per heavy atom. The maximum Gasteiger partial charge on any atom is 0.262 e. The zero-order valence-electron chi connectivity index (χ0n) is 13.4. The number of hydrogen-bond acceptors (Lipinski definition) is 3. The molecule has 0 aliphatic rings. The van der Waals surface area contributed by atoms with Crippen molar-refractivity contribution in [1.29, 1.82) is 0 Å². The predicted octanol–water partition coefficient (Wildman–Crippen LogP) is 3.49. The van der Waals surface area contributed by atoms with Gasteiger partial charge < -0.3 is 0 Å². The molecule has 6 heteroatoms. The first-order chi connectivity index (χ1) is 9.35. The van der Waals surface area contributed by atoms with Crippen LogP contribution in [0.3, 0.4) is 0 Å². The molecule has 0 fully saturated rings. The molecule has 1 aromatic rings. The lowest BCUT2D eigenvalue weighted by Gasteiger charge is -2.33. The molecule has 0 spiro atoms. The van der Waals surface area contributed by atoms with Crippen molar-refractivity contribution in [2.24, 2.45) is 4.99 Å². The summed E-state index contributed by atoms with van der Waals surface area (Å²) in [4.78, 5) is 4.02. The summed E-state index contributed by atoms with van der Waals surface area (Å²) in [7, 11) is -3.62. The van der Waals surface area contributed by atoms with Gasteiger partial charge in [-0.2, -0.15) is 0 Å². The van der Waals surface area contributed by atoms with E-state index in [0.29, 0.717) is 5.84 Å². The summed E-state index contributed by atoms with van der Waals surface area (Å²) in [5.41, 5.74) is 0.401. The van der Waals surface area contributed by atoms with Crippen LogP contribution in [0.15, 0.2) is 34.2 Å². The van der Waals surface area contributed by atoms with Gasteiger partial charge in [0.25, 0.3) is 10.0 Å². The van der Waals surface area contributed by atoms with Crippen molar-refractivity contribution in [3.63, 3.8) is 0 Å². The lowest BCUT2D eigenvalue weighted by Crippen LogP contribution is -2.41. The quantitative estimate of drug-likeness (QED) is 0.522. The van der Waals surface area contributed by atoms with Crippen LogP contribution in [0.4, 0.5) is 0 Å². The lowest BCUT2D eigenvalue weighted by molar-refractivity contribution is 0.406. The van der Waals surface area contributed by atoms with Crippen molar-refractivity contribution in [2.45, 2.75) is 56.9 Å². The smallest absolute Gasteiger partial charge is 0.262 e. The standard InChI is InChI=1S/C15H23ClN2O2S/c1-11-7-9-13(10-8-11)21(19,20)18-12(2)17-15(5,6)14(3,4)16/h7-10H,1-6H3,(H,17,18). The van der Waals surface area contributed by atoms with Gasteiger partial charge in [0.05, 0.1) is 15.3 Å². The van der Waals surface area contributed by atoms with E-state index in [9.17, 15) is 8.42 Å². The van der Waals surface area contributed by atoms with Crippen LogP contribution >= 0.6 is 11.6 Å². The number of aliphatic imine (C=N–C) groups is 1. The summed E-state index contributed by atoms with van der Waals surface area (Å²) < 4.78 is 27.0. The Labute approximate surface area is 132 Å². The van der Waals surface area contributed by atoms with Crippen molar-refractivity contribution >= 4 is 27.5 Å². The average molecular weight is 331 g/mol. The van der Waals surface area contributed by atoms with E-state index in [4.69, 9.17) is 11.6 Å². The monoisotopic (exact) mass is 330 g/mol. The molecule has 0 atom stereocenters. The second-order valence-electron chi connectivity index (χ2n) is 6.15. The van der Waals surface area contributed by atoms with Crippen LogP contribution in [0, 0.1) is 6.92 Å². The molecule has 0 aliphatic carbocycles. The van der Waals surface area contributed by atoms with E-state index in [-0.39, 0.29) is 4.90 Å². The van der Waals surface area contributed by atoms with E-state index < -0.39 is 20.4 Å². The van der Waals surface area contributed by atoms with E-state index in [2.05, 4.69) is 9.71 Å². The minimum absolute atomic E-state index is 0.214. The Kier molecular flexibility index (Phi) is 5.11. The molecule has 0 aromatic heterocycles. The summed E-state index contributed by atoms with van der Waals surface area (Å²) in [6, 6.07) is 6.66. The van der Waals surface area contributed by atoms with Gasteiger partial charge >= 0.3 is 0 Å². The Balaban J connectivity index is 3.02. The van der Waals surface area contributed by atoms with Crippen LogP contribution in [0.2, 0.25) is 0 Å². The summed E-state index contributed by atoms with van der Waals surface area (Å²) in [5.74, 6) is 0.314. The topological polar surface area (TPSA) is 58.5 Å². The molecular formula is C15H23ClN2O2S. The van der Waals surface area contributed by atoms with Gasteiger partial charge in [-0.15, -0.1) is 11.6 Å². The highest BCUT2D eigenvalue weighted by molar-refractivity contribution is 7.90. The summed E-state index contributed by atoms with van der Waals surface area (Å²) in [5, 5.41) is 0. The Morgan fingerprint density at radius 3 is 2.05 bits per heavy atom. The lowest BCUT2D eigenvalue weighted by atomic mass is 9.90. The van der Waals surface area contributed by atoms with Crippen molar-refractivity contribution in [3.8, 4) is 0 Å². The molecular weight excluding hydrogens is 308 g/mol. The number of alkyl halides is 1. The molecule has 0 bridgehead atoms. The largest absolute Gasteiger partial charge is 0.267 e. The molecule has 1 N–H and O–H groups in total. The molecule has 0 radical (unpaired) electrons. The first kappa shape index (κ1) is 18.0. The SMILES string of the molecule is CC(=NC(C)(C)C(C)(C)Cl)NS(=O)(=O)c1ccc(C)cc1. The van der Waals surface area contributed by atoms with Crippen molar-refractivity contribution in [1.82, 2.24) is 4.72 Å². The van der Waals surface area contributed by atoms with Gasteiger partial charge in [-0.05, 0) is 53.7 Å². The fourth-order valence-electron chi connectivity index (χ4n) is 1.55. The summed E-state index contributed by atoms with van der Waals surface area (Å²) in [6.45, 7) is 10.9. The van der Waals surface area contributed by atoms with Gasteiger partial charge in [0.1, 0.15) is 5.84 Å². The molecule has 0 saturated heterocycles. The molecule has 21 heavy (non-hydrogen) atoms. The van der Waals surface area contributed by atoms with Crippen molar-refractivity contribution in [2.75, 3.05) is 0 Å². The van der Waals surface area contributed by atoms with E-state index in [1.54, 1.807) is 31.2 Å². The van der Waals surface area contributed by atoms with E-state index in [1.165, 1.54) is 0 Å². The second kappa shape index (κ2) is 5.97. The number of sulfonamides is 1. The molecule has 1 rings (SSSR count). The van der Waals surface area contributed by atoms with Crippen LogP contribution in [0.1, 0.15) is 40.2 Å². The predicted molar refractivity (Wildman–Crippen MR) is 88.6 cm³/mol. The van der Waals surface area contributed by atoms with Crippen molar-refractivity contribution < 1.29 is 8.42 Å². The van der Waals surface area contributed by atoms with Crippen LogP contribution in [-0.2, 0) is 10.0 Å². The van der Waals surface area contributed by atoms with Crippen LogP contribution in [0.5, 0.6) is 0 Å². The minimum atomic E-state index is -3.62. The third-order valence-corrected chi connectivity index (χ3v) is 5.43. The number of benzene rings is 1. The molecule has 4 nitrogen and oxygen atoms in total. The van der Waals surface area contributed by atoms with E-state index in [1.807, 2.05) is 34.6 Å². The van der Waals surface area contributed by atoms with Crippen LogP contribution < -0.4 is 4.72 Å². The number of amidine groups is 1. The molecule has 1 aromatic carbocycles. The van der Waals surface area contributed by atoms with Crippen molar-refractivity contribution in [3.05, 3.63) is 29.8 Å². The first-order valence-electron chi connectivity index (χ1n) is 6.70. The molecule has 118 valence electrons. The van der Waals surface area contributed by atoms with Gasteiger partial charge in [-0.3, -0.25) is 9.71 Å². The van der Waals surface area contributed by atoms with Crippen LogP contribution in [-0.4, -0.2) is 24.7 Å². The number of hydrogen-bond donors (Lipinski definition) is 1. The zero-order valence-corrected chi connectivity index (χ0v) is 14.9. The average Bonchev–Trinajstić information content (AvgIpc) is 2.25. The highest BCUT2D eigenvalue weighted by atomic mass is 35.5. The van der Waals surface area contributed by atoms with Gasteiger partial charge in [0.2, 0.25) is 0 Å².